The highest BCUT2D eigenvalue weighted by molar-refractivity contribution is 5.76. The first-order valence-electron chi connectivity index (χ1n) is 7.95. The van der Waals surface area contributed by atoms with Crippen molar-refractivity contribution >= 4 is 11.6 Å². The quantitative estimate of drug-likeness (QED) is 0.751. The summed E-state index contributed by atoms with van der Waals surface area (Å²) >= 11 is 0. The molecule has 0 aromatic heterocycles. The van der Waals surface area contributed by atoms with Gasteiger partial charge in [-0.25, -0.2) is 4.39 Å². The zero-order chi connectivity index (χ0) is 17.4. The third-order valence-electron chi connectivity index (χ3n) is 3.77. The van der Waals surface area contributed by atoms with Gasteiger partial charge in [-0.2, -0.15) is 0 Å². The van der Waals surface area contributed by atoms with Gasteiger partial charge in [-0.1, -0.05) is 18.2 Å². The Kier molecular flexibility index (Phi) is 6.61. The van der Waals surface area contributed by atoms with E-state index in [4.69, 9.17) is 4.74 Å². The first-order valence-corrected chi connectivity index (χ1v) is 7.95. The fourth-order valence-electron chi connectivity index (χ4n) is 2.41. The van der Waals surface area contributed by atoms with Crippen molar-refractivity contribution in [3.63, 3.8) is 0 Å². The summed E-state index contributed by atoms with van der Waals surface area (Å²) in [5.41, 5.74) is 1.84. The molecule has 128 valence electrons. The zero-order valence-corrected chi connectivity index (χ0v) is 14.1. The lowest BCUT2D eigenvalue weighted by Crippen LogP contribution is -2.26. The van der Waals surface area contributed by atoms with E-state index in [9.17, 15) is 9.18 Å². The number of methoxy groups -OCH3 is 1. The van der Waals surface area contributed by atoms with Crippen molar-refractivity contribution in [1.29, 1.82) is 0 Å². The van der Waals surface area contributed by atoms with Gasteiger partial charge in [-0.05, 0) is 36.8 Å². The third-order valence-corrected chi connectivity index (χ3v) is 3.77. The van der Waals surface area contributed by atoms with E-state index < -0.39 is 0 Å². The Labute approximate surface area is 142 Å². The number of amides is 1. The van der Waals surface area contributed by atoms with Gasteiger partial charge >= 0.3 is 0 Å². The maximum absolute atomic E-state index is 12.8. The molecule has 0 spiro atoms. The Hall–Kier alpha value is -2.56. The van der Waals surface area contributed by atoms with Gasteiger partial charge in [0.2, 0.25) is 5.91 Å². The van der Waals surface area contributed by atoms with E-state index in [1.165, 1.54) is 12.1 Å². The van der Waals surface area contributed by atoms with E-state index in [0.717, 1.165) is 17.0 Å². The Balaban J connectivity index is 1.74. The molecule has 2 rings (SSSR count). The highest BCUT2D eigenvalue weighted by atomic mass is 19.1. The average Bonchev–Trinajstić information content (AvgIpc) is 2.60. The monoisotopic (exact) mass is 330 g/mol. The van der Waals surface area contributed by atoms with Gasteiger partial charge in [-0.3, -0.25) is 4.79 Å². The number of anilines is 1. The van der Waals surface area contributed by atoms with Crippen LogP contribution in [-0.2, 0) is 11.3 Å². The van der Waals surface area contributed by atoms with Crippen LogP contribution < -0.4 is 10.1 Å². The molecule has 0 aliphatic rings. The maximum Gasteiger partial charge on any atom is 0.222 e. The lowest BCUT2D eigenvalue weighted by Gasteiger charge is -2.19. The Morgan fingerprint density at radius 1 is 1.17 bits per heavy atom. The molecule has 0 aliphatic heterocycles. The number of rotatable bonds is 8. The standard InChI is InChI=1S/C19H23FN2O2/c1-22(14-15-6-3-4-7-18(15)24-2)19(23)8-5-13-21-17-11-9-16(20)10-12-17/h3-4,6-7,9-12,21H,5,8,13-14H2,1-2H3. The number of halogens is 1. The zero-order valence-electron chi connectivity index (χ0n) is 14.1. The number of carbonyl (C=O) groups excluding carboxylic acids is 1. The maximum atomic E-state index is 12.8. The molecule has 0 aliphatic carbocycles. The number of nitrogens with zero attached hydrogens (tertiary/aromatic N) is 1. The van der Waals surface area contributed by atoms with Crippen molar-refractivity contribution in [2.75, 3.05) is 26.0 Å². The van der Waals surface area contributed by atoms with Crippen LogP contribution in [0.2, 0.25) is 0 Å². The van der Waals surface area contributed by atoms with Crippen LogP contribution >= 0.6 is 0 Å². The van der Waals surface area contributed by atoms with Crippen LogP contribution in [0.3, 0.4) is 0 Å². The molecule has 0 atom stereocenters. The van der Waals surface area contributed by atoms with Gasteiger partial charge < -0.3 is 15.0 Å². The Morgan fingerprint density at radius 2 is 1.88 bits per heavy atom. The highest BCUT2D eigenvalue weighted by Gasteiger charge is 2.11. The molecule has 0 fully saturated rings. The number of ether oxygens (including phenoxy) is 1. The van der Waals surface area contributed by atoms with E-state index in [1.54, 1.807) is 31.2 Å². The van der Waals surface area contributed by atoms with Crippen molar-refractivity contribution in [1.82, 2.24) is 4.90 Å². The number of hydrogen-bond acceptors (Lipinski definition) is 3. The molecule has 0 unspecified atom stereocenters. The van der Waals surface area contributed by atoms with Crippen LogP contribution in [0.15, 0.2) is 48.5 Å². The number of hydrogen-bond donors (Lipinski definition) is 1. The van der Waals surface area contributed by atoms with E-state index in [2.05, 4.69) is 5.32 Å². The fourth-order valence-corrected chi connectivity index (χ4v) is 2.41. The van der Waals surface area contributed by atoms with E-state index in [1.807, 2.05) is 24.3 Å². The van der Waals surface area contributed by atoms with Crippen molar-refractivity contribution in [3.05, 3.63) is 59.9 Å². The molecule has 4 nitrogen and oxygen atoms in total. The van der Waals surface area contributed by atoms with E-state index in [-0.39, 0.29) is 11.7 Å². The third kappa shape index (κ3) is 5.26. The lowest BCUT2D eigenvalue weighted by molar-refractivity contribution is -0.130. The van der Waals surface area contributed by atoms with E-state index in [0.29, 0.717) is 25.9 Å². The number of nitrogens with one attached hydrogen (secondary N) is 1. The molecule has 1 N–H and O–H groups in total. The molecular weight excluding hydrogens is 307 g/mol. The summed E-state index contributed by atoms with van der Waals surface area (Å²) in [6.45, 7) is 1.19. The second-order valence-electron chi connectivity index (χ2n) is 5.60. The van der Waals surface area contributed by atoms with Gasteiger partial charge in [0.1, 0.15) is 11.6 Å². The van der Waals surface area contributed by atoms with Crippen LogP contribution in [-0.4, -0.2) is 31.5 Å². The molecule has 5 heteroatoms. The molecule has 0 bridgehead atoms. The summed E-state index contributed by atoms with van der Waals surface area (Å²) in [6, 6.07) is 13.9. The number of carbonyl (C=O) groups is 1. The van der Waals surface area contributed by atoms with Crippen molar-refractivity contribution in [3.8, 4) is 5.75 Å². The summed E-state index contributed by atoms with van der Waals surface area (Å²) in [5, 5.41) is 3.18. The van der Waals surface area contributed by atoms with Crippen LogP contribution in [0.5, 0.6) is 5.75 Å². The van der Waals surface area contributed by atoms with Gasteiger partial charge in [0.15, 0.2) is 0 Å². The molecule has 0 radical (unpaired) electrons. The molecule has 0 heterocycles. The summed E-state index contributed by atoms with van der Waals surface area (Å²) in [7, 11) is 3.42. The Bertz CT molecular complexity index is 659. The molecule has 2 aromatic rings. The fraction of sp³-hybridized carbons (Fsp3) is 0.316. The minimum Gasteiger partial charge on any atom is -0.496 e. The smallest absolute Gasteiger partial charge is 0.222 e. The van der Waals surface area contributed by atoms with Crippen LogP contribution in [0, 0.1) is 5.82 Å². The molecule has 24 heavy (non-hydrogen) atoms. The molecular formula is C19H23FN2O2. The molecule has 1 amide bonds. The van der Waals surface area contributed by atoms with Gasteiger partial charge in [0, 0.05) is 37.8 Å². The topological polar surface area (TPSA) is 41.6 Å². The summed E-state index contributed by atoms with van der Waals surface area (Å²) < 4.78 is 18.1. The van der Waals surface area contributed by atoms with Crippen molar-refractivity contribution in [2.45, 2.75) is 19.4 Å². The van der Waals surface area contributed by atoms with Gasteiger partial charge in [0.25, 0.3) is 0 Å². The molecule has 0 saturated carbocycles. The van der Waals surface area contributed by atoms with Gasteiger partial charge in [0.05, 0.1) is 7.11 Å². The minimum absolute atomic E-state index is 0.0850. The number of para-hydroxylation sites is 1. The van der Waals surface area contributed by atoms with Crippen LogP contribution in [0.1, 0.15) is 18.4 Å². The molecule has 0 saturated heterocycles. The van der Waals surface area contributed by atoms with Gasteiger partial charge in [-0.15, -0.1) is 0 Å². The van der Waals surface area contributed by atoms with Crippen LogP contribution in [0.4, 0.5) is 10.1 Å². The lowest BCUT2D eigenvalue weighted by atomic mass is 10.2. The largest absolute Gasteiger partial charge is 0.496 e. The first kappa shape index (κ1) is 17.8. The predicted octanol–water partition coefficient (Wildman–Crippen LogP) is 3.69. The van der Waals surface area contributed by atoms with Crippen LogP contribution in [0.25, 0.3) is 0 Å². The number of benzene rings is 2. The van der Waals surface area contributed by atoms with Crippen molar-refractivity contribution < 1.29 is 13.9 Å². The summed E-state index contributed by atoms with van der Waals surface area (Å²) in [5.74, 6) is 0.616. The second-order valence-corrected chi connectivity index (χ2v) is 5.60. The predicted molar refractivity (Wildman–Crippen MR) is 93.6 cm³/mol. The van der Waals surface area contributed by atoms with Crippen molar-refractivity contribution in [2.24, 2.45) is 0 Å². The summed E-state index contributed by atoms with van der Waals surface area (Å²) in [4.78, 5) is 13.9. The average molecular weight is 330 g/mol. The molecule has 2 aromatic carbocycles. The second kappa shape index (κ2) is 8.91. The SMILES string of the molecule is COc1ccccc1CN(C)C(=O)CCCNc1ccc(F)cc1. The van der Waals surface area contributed by atoms with E-state index >= 15 is 0 Å². The Morgan fingerprint density at radius 3 is 2.58 bits per heavy atom. The first-order chi connectivity index (χ1) is 11.6. The minimum atomic E-state index is -0.256. The summed E-state index contributed by atoms with van der Waals surface area (Å²) in [6.07, 6.45) is 1.17. The highest BCUT2D eigenvalue weighted by Crippen LogP contribution is 2.19. The normalized spacial score (nSPS) is 10.3.